The van der Waals surface area contributed by atoms with E-state index in [1.807, 2.05) is 34.8 Å². The largest absolute Gasteiger partial charge is 0.244 e. The summed E-state index contributed by atoms with van der Waals surface area (Å²) in [5, 5.41) is 4.80. The Hall–Kier alpha value is -2.04. The quantitative estimate of drug-likeness (QED) is 0.268. The number of rotatable bonds is 6. The molecule has 1 atom stereocenters. The Balaban J connectivity index is 1.72. The normalized spacial score (nSPS) is 13.2. The van der Waals surface area contributed by atoms with Crippen LogP contribution in [0.25, 0.3) is 42.2 Å². The lowest BCUT2D eigenvalue weighted by molar-refractivity contribution is 0.452. The van der Waals surface area contributed by atoms with Crippen molar-refractivity contribution in [1.29, 1.82) is 0 Å². The van der Waals surface area contributed by atoms with Crippen LogP contribution < -0.4 is 0 Å². The van der Waals surface area contributed by atoms with Crippen molar-refractivity contribution in [3.8, 4) is 0 Å². The van der Waals surface area contributed by atoms with Crippen LogP contribution in [0.3, 0.4) is 0 Å². The zero-order chi connectivity index (χ0) is 19.1. The maximum Gasteiger partial charge on any atom is 0.108 e. The first-order chi connectivity index (χ1) is 13.8. The first-order valence-electron chi connectivity index (χ1n) is 10.3. The van der Waals surface area contributed by atoms with Crippen molar-refractivity contribution in [2.45, 2.75) is 46.0 Å². The molecule has 0 aliphatic carbocycles. The van der Waals surface area contributed by atoms with Gasteiger partial charge in [-0.05, 0) is 42.0 Å². The van der Waals surface area contributed by atoms with E-state index in [1.54, 1.807) is 0 Å². The molecule has 2 nitrogen and oxygen atoms in total. The van der Waals surface area contributed by atoms with Crippen molar-refractivity contribution in [3.05, 3.63) is 46.7 Å². The van der Waals surface area contributed by atoms with Crippen molar-refractivity contribution in [2.75, 3.05) is 0 Å². The molecule has 0 radical (unpaired) electrons. The Morgan fingerprint density at radius 1 is 0.929 bits per heavy atom. The molecule has 3 heterocycles. The predicted octanol–water partition coefficient (Wildman–Crippen LogP) is 7.97. The third-order valence-corrected chi connectivity index (χ3v) is 7.88. The lowest BCUT2D eigenvalue weighted by Crippen LogP contribution is -2.01. The first-order valence-corrected chi connectivity index (χ1v) is 12.0. The summed E-state index contributed by atoms with van der Waals surface area (Å²) < 4.78 is 2.67. The molecule has 5 rings (SSSR count). The fourth-order valence-corrected chi connectivity index (χ4v) is 6.42. The molecule has 0 bridgehead atoms. The van der Waals surface area contributed by atoms with Crippen LogP contribution in [0.2, 0.25) is 0 Å². The molecule has 0 saturated carbocycles. The summed E-state index contributed by atoms with van der Waals surface area (Å²) in [6.45, 7) is 4.62. The molecule has 0 N–H and O–H groups in total. The van der Waals surface area contributed by atoms with E-state index in [9.17, 15) is 0 Å². The maximum atomic E-state index is 5.05. The number of para-hydroxylation sites is 2. The molecule has 0 spiro atoms. The Morgan fingerprint density at radius 2 is 1.71 bits per heavy atom. The van der Waals surface area contributed by atoms with E-state index in [2.05, 4.69) is 43.5 Å². The highest BCUT2D eigenvalue weighted by molar-refractivity contribution is 7.22. The topological polar surface area (TPSA) is 25.8 Å². The minimum atomic E-state index is 0.782. The van der Waals surface area contributed by atoms with Crippen LogP contribution in [0.15, 0.2) is 41.8 Å². The number of benzene rings is 2. The van der Waals surface area contributed by atoms with E-state index in [0.717, 1.165) is 28.0 Å². The van der Waals surface area contributed by atoms with Gasteiger partial charge in [-0.25, -0.2) is 9.97 Å². The standard InChI is InChI=1S/C24H24N2S2/c1-3-5-8-15(4-2)13-16-14-18-23-17(11-12-27-23)21-22(24(18)28-16)26-20-10-7-6-9-19(20)25-21/h6-7,9-12,14-15H,3-5,8,13H2,1-2H3. The average Bonchev–Trinajstić information content (AvgIpc) is 3.37. The molecule has 1 unspecified atom stereocenters. The van der Waals surface area contributed by atoms with Crippen LogP contribution in [-0.2, 0) is 6.42 Å². The summed E-state index contributed by atoms with van der Waals surface area (Å²) in [6.07, 6.45) is 6.39. The molecule has 0 saturated heterocycles. The number of hydrogen-bond donors (Lipinski definition) is 0. The van der Waals surface area contributed by atoms with Gasteiger partial charge in [0.05, 0.1) is 21.3 Å². The highest BCUT2D eigenvalue weighted by Gasteiger charge is 2.17. The summed E-state index contributed by atoms with van der Waals surface area (Å²) in [7, 11) is 0. The van der Waals surface area contributed by atoms with Crippen LogP contribution in [0.4, 0.5) is 0 Å². The Kier molecular flexibility index (Phi) is 4.77. The maximum absolute atomic E-state index is 5.05. The second kappa shape index (κ2) is 7.41. The van der Waals surface area contributed by atoms with Crippen molar-refractivity contribution < 1.29 is 0 Å². The molecule has 3 aromatic heterocycles. The smallest absolute Gasteiger partial charge is 0.108 e. The van der Waals surface area contributed by atoms with E-state index < -0.39 is 0 Å². The third-order valence-electron chi connectivity index (χ3n) is 5.77. The fraction of sp³-hybridized carbons (Fsp3) is 0.333. The molecule has 0 aliphatic rings. The van der Waals surface area contributed by atoms with Crippen molar-refractivity contribution >= 4 is 64.9 Å². The van der Waals surface area contributed by atoms with Gasteiger partial charge in [0, 0.05) is 20.3 Å². The van der Waals surface area contributed by atoms with E-state index in [4.69, 9.17) is 9.97 Å². The van der Waals surface area contributed by atoms with Crippen LogP contribution >= 0.6 is 22.7 Å². The third kappa shape index (κ3) is 2.99. The second-order valence-electron chi connectivity index (χ2n) is 7.65. The van der Waals surface area contributed by atoms with Gasteiger partial charge in [0.15, 0.2) is 0 Å². The Bertz CT molecular complexity index is 1280. The molecule has 0 aliphatic heterocycles. The number of aromatic nitrogens is 2. The summed E-state index contributed by atoms with van der Waals surface area (Å²) in [6, 6.07) is 12.9. The predicted molar refractivity (Wildman–Crippen MR) is 125 cm³/mol. The minimum absolute atomic E-state index is 0.782. The summed E-state index contributed by atoms with van der Waals surface area (Å²) >= 11 is 3.76. The van der Waals surface area contributed by atoms with Crippen LogP contribution in [-0.4, -0.2) is 9.97 Å². The van der Waals surface area contributed by atoms with Crippen molar-refractivity contribution in [2.24, 2.45) is 5.92 Å². The number of nitrogens with zero attached hydrogens (tertiary/aromatic N) is 2. The van der Waals surface area contributed by atoms with Gasteiger partial charge in [0.1, 0.15) is 5.52 Å². The van der Waals surface area contributed by atoms with E-state index in [-0.39, 0.29) is 0 Å². The minimum Gasteiger partial charge on any atom is -0.244 e. The molecular formula is C24H24N2S2. The number of unbranched alkanes of at least 4 members (excludes halogenated alkanes) is 1. The molecule has 5 aromatic rings. The average molecular weight is 405 g/mol. The van der Waals surface area contributed by atoms with Crippen LogP contribution in [0.5, 0.6) is 0 Å². The second-order valence-corrected chi connectivity index (χ2v) is 9.70. The van der Waals surface area contributed by atoms with Gasteiger partial charge < -0.3 is 0 Å². The van der Waals surface area contributed by atoms with Crippen molar-refractivity contribution in [1.82, 2.24) is 9.97 Å². The lowest BCUT2D eigenvalue weighted by atomic mass is 9.95. The molecular weight excluding hydrogens is 380 g/mol. The van der Waals surface area contributed by atoms with E-state index in [1.165, 1.54) is 57.2 Å². The van der Waals surface area contributed by atoms with E-state index >= 15 is 0 Å². The SMILES string of the molecule is CCCCC(CC)Cc1cc2c3sccc3c3nc4ccccc4nc3c2s1. The van der Waals surface area contributed by atoms with Crippen molar-refractivity contribution in [3.63, 3.8) is 0 Å². The van der Waals surface area contributed by atoms with E-state index in [0.29, 0.717) is 0 Å². The van der Waals surface area contributed by atoms with Gasteiger partial charge in [-0.15, -0.1) is 22.7 Å². The number of hydrogen-bond acceptors (Lipinski definition) is 4. The van der Waals surface area contributed by atoms with Gasteiger partial charge in [0.2, 0.25) is 0 Å². The monoisotopic (exact) mass is 404 g/mol. The molecule has 28 heavy (non-hydrogen) atoms. The zero-order valence-corrected chi connectivity index (χ0v) is 18.0. The highest BCUT2D eigenvalue weighted by Crippen LogP contribution is 2.41. The van der Waals surface area contributed by atoms with Gasteiger partial charge in [0.25, 0.3) is 0 Å². The van der Waals surface area contributed by atoms with Crippen LogP contribution in [0.1, 0.15) is 44.4 Å². The van der Waals surface area contributed by atoms with Gasteiger partial charge >= 0.3 is 0 Å². The molecule has 4 heteroatoms. The Morgan fingerprint density at radius 3 is 2.46 bits per heavy atom. The Labute approximate surface area is 173 Å². The highest BCUT2D eigenvalue weighted by atomic mass is 32.1. The van der Waals surface area contributed by atoms with Gasteiger partial charge in [-0.2, -0.15) is 0 Å². The van der Waals surface area contributed by atoms with Gasteiger partial charge in [-0.3, -0.25) is 0 Å². The first kappa shape index (κ1) is 18.0. The summed E-state index contributed by atoms with van der Waals surface area (Å²) in [5.74, 6) is 0.782. The number of fused-ring (bicyclic) bond motifs is 7. The van der Waals surface area contributed by atoms with Crippen LogP contribution in [0, 0.1) is 5.92 Å². The molecule has 0 amide bonds. The molecule has 2 aromatic carbocycles. The fourth-order valence-electron chi connectivity index (χ4n) is 4.17. The number of thiophene rings is 2. The molecule has 142 valence electrons. The van der Waals surface area contributed by atoms with Gasteiger partial charge in [-0.1, -0.05) is 51.7 Å². The lowest BCUT2D eigenvalue weighted by Gasteiger charge is -2.12. The zero-order valence-electron chi connectivity index (χ0n) is 16.4. The molecule has 0 fully saturated rings. The summed E-state index contributed by atoms with van der Waals surface area (Å²) in [5.41, 5.74) is 4.07. The summed E-state index contributed by atoms with van der Waals surface area (Å²) in [4.78, 5) is 11.6.